The third-order valence-corrected chi connectivity index (χ3v) is 8.07. The van der Waals surface area contributed by atoms with Crippen LogP contribution < -0.4 is 10.1 Å². The number of likely N-dealkylation sites (tertiary alicyclic amines) is 1. The zero-order valence-electron chi connectivity index (χ0n) is 21.7. The van der Waals surface area contributed by atoms with Gasteiger partial charge in [0, 0.05) is 44.0 Å². The van der Waals surface area contributed by atoms with Gasteiger partial charge in [-0.25, -0.2) is 0 Å². The number of carbonyl (C=O) groups is 1. The Labute approximate surface area is 211 Å². The minimum Gasteiger partial charge on any atom is -0.496 e. The van der Waals surface area contributed by atoms with Gasteiger partial charge in [-0.05, 0) is 69.6 Å². The quantitative estimate of drug-likeness (QED) is 0.486. The van der Waals surface area contributed by atoms with E-state index in [1.807, 2.05) is 18.2 Å². The lowest BCUT2D eigenvalue weighted by Crippen LogP contribution is -2.47. The Bertz CT molecular complexity index is 960. The number of nitrogens with one attached hydrogen (secondary N) is 1. The van der Waals surface area contributed by atoms with Crippen molar-refractivity contribution in [1.29, 1.82) is 0 Å². The van der Waals surface area contributed by atoms with Gasteiger partial charge >= 0.3 is 0 Å². The van der Waals surface area contributed by atoms with Crippen LogP contribution in [0.3, 0.4) is 0 Å². The lowest BCUT2D eigenvalue weighted by Gasteiger charge is -2.39. The molecule has 0 bridgehead atoms. The summed E-state index contributed by atoms with van der Waals surface area (Å²) >= 11 is 0. The van der Waals surface area contributed by atoms with Crippen LogP contribution in [0.5, 0.6) is 5.75 Å². The Kier molecular flexibility index (Phi) is 8.85. The highest BCUT2D eigenvalue weighted by atomic mass is 16.5. The maximum atomic E-state index is 13.6. The van der Waals surface area contributed by atoms with Crippen LogP contribution in [0.15, 0.2) is 48.5 Å². The normalized spacial score (nSPS) is 22.5. The Balaban J connectivity index is 1.41. The van der Waals surface area contributed by atoms with E-state index in [1.165, 1.54) is 24.8 Å². The molecule has 0 saturated carbocycles. The summed E-state index contributed by atoms with van der Waals surface area (Å²) in [5, 5.41) is 3.31. The first-order valence-corrected chi connectivity index (χ1v) is 13.4. The molecule has 0 aromatic heterocycles. The number of ether oxygens (including phenoxy) is 2. The fourth-order valence-corrected chi connectivity index (χ4v) is 5.94. The highest BCUT2D eigenvalue weighted by Crippen LogP contribution is 2.37. The molecule has 2 heterocycles. The average molecular weight is 479 g/mol. The van der Waals surface area contributed by atoms with Gasteiger partial charge in [-0.1, -0.05) is 48.9 Å². The molecule has 1 N–H and O–H groups in total. The van der Waals surface area contributed by atoms with Crippen LogP contribution in [-0.4, -0.2) is 56.3 Å². The highest BCUT2D eigenvalue weighted by molar-refractivity contribution is 5.83. The van der Waals surface area contributed by atoms with Gasteiger partial charge in [-0.3, -0.25) is 9.69 Å². The number of hydrogen-bond donors (Lipinski definition) is 1. The average Bonchev–Trinajstić information content (AvgIpc) is 2.88. The fraction of sp³-hybridized carbons (Fsp3) is 0.567. The first-order chi connectivity index (χ1) is 17.0. The third kappa shape index (κ3) is 6.25. The van der Waals surface area contributed by atoms with Gasteiger partial charge in [0.15, 0.2) is 0 Å². The van der Waals surface area contributed by atoms with Gasteiger partial charge < -0.3 is 14.8 Å². The van der Waals surface area contributed by atoms with Crippen molar-refractivity contribution in [2.45, 2.75) is 70.9 Å². The SMILES string of the molecule is COc1ccccc1-c1cccc(CC2(C(=O)NCCCN3[C@H](C)CCC[C@H]3C)CCOCC2)c1. The van der Waals surface area contributed by atoms with Gasteiger partial charge in [0.1, 0.15) is 5.75 Å². The second-order valence-corrected chi connectivity index (χ2v) is 10.4. The lowest BCUT2D eigenvalue weighted by atomic mass is 9.74. The van der Waals surface area contributed by atoms with Gasteiger partial charge in [-0.15, -0.1) is 0 Å². The summed E-state index contributed by atoms with van der Waals surface area (Å²) in [4.78, 5) is 16.2. The molecule has 35 heavy (non-hydrogen) atoms. The Hall–Kier alpha value is -2.37. The number of nitrogens with zero attached hydrogens (tertiary/aromatic N) is 1. The highest BCUT2D eigenvalue weighted by Gasteiger charge is 2.40. The minimum absolute atomic E-state index is 0.184. The topological polar surface area (TPSA) is 50.8 Å². The zero-order valence-corrected chi connectivity index (χ0v) is 21.7. The number of benzene rings is 2. The van der Waals surface area contributed by atoms with E-state index in [0.29, 0.717) is 25.3 Å². The Morgan fingerprint density at radius 1 is 1.09 bits per heavy atom. The molecule has 0 unspecified atom stereocenters. The van der Waals surface area contributed by atoms with Crippen molar-refractivity contribution in [3.8, 4) is 16.9 Å². The molecule has 2 fully saturated rings. The summed E-state index contributed by atoms with van der Waals surface area (Å²) in [6.07, 6.45) is 7.15. The molecule has 2 aromatic carbocycles. The first-order valence-electron chi connectivity index (χ1n) is 13.4. The number of amides is 1. The van der Waals surface area contributed by atoms with Gasteiger partial charge in [-0.2, -0.15) is 0 Å². The molecule has 2 saturated heterocycles. The number of methoxy groups -OCH3 is 1. The van der Waals surface area contributed by atoms with E-state index in [0.717, 1.165) is 55.6 Å². The molecule has 5 heteroatoms. The maximum absolute atomic E-state index is 13.6. The van der Waals surface area contributed by atoms with E-state index in [2.05, 4.69) is 54.4 Å². The summed E-state index contributed by atoms with van der Waals surface area (Å²) in [5.74, 6) is 1.05. The predicted molar refractivity (Wildman–Crippen MR) is 142 cm³/mol. The zero-order chi connectivity index (χ0) is 24.7. The number of rotatable bonds is 9. The van der Waals surface area contributed by atoms with Crippen LogP contribution >= 0.6 is 0 Å². The Morgan fingerprint density at radius 2 is 1.83 bits per heavy atom. The second-order valence-electron chi connectivity index (χ2n) is 10.4. The van der Waals surface area contributed by atoms with Crippen LogP contribution in [0.25, 0.3) is 11.1 Å². The summed E-state index contributed by atoms with van der Waals surface area (Å²) in [7, 11) is 1.70. The van der Waals surface area contributed by atoms with Crippen LogP contribution in [0, 0.1) is 5.41 Å². The standard InChI is InChI=1S/C30H42N2O3/c1-23-9-6-10-24(2)32(23)18-8-17-31-29(33)30(15-19-35-20-16-30)22-25-11-7-12-26(21-25)27-13-4-5-14-28(27)34-3/h4-5,7,11-14,21,23-24H,6,8-10,15-20,22H2,1-3H3,(H,31,33)/t23-,24-/m1/s1. The van der Waals surface area contributed by atoms with Crippen molar-refractivity contribution in [2.75, 3.05) is 33.4 Å². The fourth-order valence-electron chi connectivity index (χ4n) is 5.94. The number of carbonyl (C=O) groups excluding carboxylic acids is 1. The molecule has 0 radical (unpaired) electrons. The van der Waals surface area contributed by atoms with E-state index < -0.39 is 5.41 Å². The molecule has 2 aromatic rings. The molecule has 190 valence electrons. The van der Waals surface area contributed by atoms with Crippen LogP contribution in [-0.2, 0) is 16.0 Å². The van der Waals surface area contributed by atoms with Crippen molar-refractivity contribution in [3.05, 3.63) is 54.1 Å². The minimum atomic E-state index is -0.413. The van der Waals surface area contributed by atoms with Crippen molar-refractivity contribution in [2.24, 2.45) is 5.41 Å². The summed E-state index contributed by atoms with van der Waals surface area (Å²) in [6.45, 7) is 7.75. The summed E-state index contributed by atoms with van der Waals surface area (Å²) in [5.41, 5.74) is 2.96. The van der Waals surface area contributed by atoms with E-state index in [-0.39, 0.29) is 5.91 Å². The van der Waals surface area contributed by atoms with E-state index >= 15 is 0 Å². The third-order valence-electron chi connectivity index (χ3n) is 8.07. The summed E-state index contributed by atoms with van der Waals surface area (Å²) < 4.78 is 11.2. The van der Waals surface area contributed by atoms with Gasteiger partial charge in [0.2, 0.25) is 5.91 Å². The van der Waals surface area contributed by atoms with Crippen LogP contribution in [0.2, 0.25) is 0 Å². The lowest BCUT2D eigenvalue weighted by molar-refractivity contribution is -0.136. The molecule has 2 aliphatic heterocycles. The molecule has 2 aliphatic rings. The second kappa shape index (κ2) is 12.0. The molecular formula is C30H42N2O3. The van der Waals surface area contributed by atoms with Crippen molar-refractivity contribution in [3.63, 3.8) is 0 Å². The molecule has 2 atom stereocenters. The van der Waals surface area contributed by atoms with Crippen LogP contribution in [0.4, 0.5) is 0 Å². The first kappa shape index (κ1) is 25.7. The van der Waals surface area contributed by atoms with Crippen molar-refractivity contribution in [1.82, 2.24) is 10.2 Å². The predicted octanol–water partition coefficient (Wildman–Crippen LogP) is 5.47. The Morgan fingerprint density at radius 3 is 2.57 bits per heavy atom. The van der Waals surface area contributed by atoms with Crippen molar-refractivity contribution >= 4 is 5.91 Å². The number of para-hydroxylation sites is 1. The van der Waals surface area contributed by atoms with Crippen LogP contribution in [0.1, 0.15) is 57.9 Å². The van der Waals surface area contributed by atoms with E-state index in [1.54, 1.807) is 7.11 Å². The molecule has 5 nitrogen and oxygen atoms in total. The van der Waals surface area contributed by atoms with Crippen molar-refractivity contribution < 1.29 is 14.3 Å². The summed E-state index contributed by atoms with van der Waals surface area (Å²) in [6, 6.07) is 17.9. The maximum Gasteiger partial charge on any atom is 0.226 e. The van der Waals surface area contributed by atoms with E-state index in [4.69, 9.17) is 9.47 Å². The monoisotopic (exact) mass is 478 g/mol. The largest absolute Gasteiger partial charge is 0.496 e. The van der Waals surface area contributed by atoms with E-state index in [9.17, 15) is 4.79 Å². The smallest absolute Gasteiger partial charge is 0.226 e. The number of piperidine rings is 1. The number of hydrogen-bond acceptors (Lipinski definition) is 4. The van der Waals surface area contributed by atoms with Gasteiger partial charge in [0.05, 0.1) is 12.5 Å². The molecular weight excluding hydrogens is 436 g/mol. The molecule has 4 rings (SSSR count). The molecule has 0 aliphatic carbocycles. The molecule has 1 amide bonds. The molecule has 0 spiro atoms. The van der Waals surface area contributed by atoms with Gasteiger partial charge in [0.25, 0.3) is 0 Å².